The van der Waals surface area contributed by atoms with Crippen LogP contribution in [-0.4, -0.2) is 61.6 Å². The second-order valence-electron chi connectivity index (χ2n) is 16.2. The van der Waals surface area contributed by atoms with Gasteiger partial charge in [-0.2, -0.15) is 0 Å². The first-order valence-corrected chi connectivity index (χ1v) is 23.5. The van der Waals surface area contributed by atoms with Crippen LogP contribution in [0.2, 0.25) is 0 Å². The Morgan fingerprint density at radius 2 is 0.885 bits per heavy atom. The van der Waals surface area contributed by atoms with Gasteiger partial charge >= 0.3 is 0 Å². The highest BCUT2D eigenvalue weighted by molar-refractivity contribution is 9.10. The largest absolute Gasteiger partial charge is 0.396 e. The number of aliphatic hydroxyl groups excluding tert-OH is 2. The summed E-state index contributed by atoms with van der Waals surface area (Å²) in [6, 6.07) is 56.5. The number of aliphatic hydroxyl groups is 2. The lowest BCUT2D eigenvalue weighted by atomic mass is 9.79. The highest BCUT2D eigenvalue weighted by atomic mass is 79.9. The summed E-state index contributed by atoms with van der Waals surface area (Å²) in [6.45, 7) is 4.72. The fourth-order valence-corrected chi connectivity index (χ4v) is 8.98. The number of halogens is 2. The summed E-state index contributed by atoms with van der Waals surface area (Å²) in [5.41, 5.74) is 15.1. The lowest BCUT2D eigenvalue weighted by Crippen LogP contribution is -2.44. The van der Waals surface area contributed by atoms with E-state index in [1.165, 1.54) is 86.2 Å². The van der Waals surface area contributed by atoms with Crippen LogP contribution in [0.25, 0.3) is 22.3 Å². The van der Waals surface area contributed by atoms with Gasteiger partial charge in [-0.15, -0.1) is 0 Å². The van der Waals surface area contributed by atoms with Crippen LogP contribution < -0.4 is 4.90 Å². The normalized spacial score (nSPS) is 15.3. The van der Waals surface area contributed by atoms with Crippen molar-refractivity contribution in [3.8, 4) is 0 Å². The number of hydrogen-bond donors (Lipinski definition) is 2. The van der Waals surface area contributed by atoms with Crippen molar-refractivity contribution in [1.29, 1.82) is 0 Å². The van der Waals surface area contributed by atoms with Gasteiger partial charge in [0.1, 0.15) is 0 Å². The molecule has 1 heterocycles. The summed E-state index contributed by atoms with van der Waals surface area (Å²) >= 11 is 7.14. The molecule has 0 radical (unpaired) electrons. The third-order valence-electron chi connectivity index (χ3n) is 12.1. The lowest BCUT2D eigenvalue weighted by Gasteiger charge is -2.34. The quantitative estimate of drug-likeness (QED) is 0.107. The van der Waals surface area contributed by atoms with Crippen LogP contribution in [0.1, 0.15) is 89.8 Å². The van der Waals surface area contributed by atoms with E-state index in [0.29, 0.717) is 0 Å². The van der Waals surface area contributed by atoms with Gasteiger partial charge in [0.05, 0.1) is 0 Å². The molecule has 0 bridgehead atoms. The minimum absolute atomic E-state index is 0.187. The van der Waals surface area contributed by atoms with Crippen molar-refractivity contribution < 1.29 is 10.2 Å². The molecule has 0 amide bonds. The topological polar surface area (TPSA) is 46.9 Å². The monoisotopic (exact) mass is 936 g/mol. The standard InChI is InChI=1S/C28H31BrN2O.C27H27BrO/c1-30-17-19-31(20-18-30)26-15-11-24(12-16-26)28(23-9-13-25(29)14-10-23)27(8-5-21-32)22-6-3-2-4-7-22;28-25-17-15-24(16-18-25)27(23-13-11-21(12-14-23)20-8-4-9-20)26(10-5-19-29)22-6-2-1-3-7-22/h2-4,6-7,9-16,32H,5,8,17-21H2,1H3;1-3,6-7,11-18,20,29H,4-5,8-10,19H2/b28-27-;27-26+. The van der Waals surface area contributed by atoms with Crippen molar-refractivity contribution >= 4 is 59.8 Å². The molecule has 1 saturated heterocycles. The van der Waals surface area contributed by atoms with Crippen LogP contribution in [0.15, 0.2) is 167 Å². The van der Waals surface area contributed by atoms with Crippen molar-refractivity contribution in [3.05, 3.63) is 206 Å². The van der Waals surface area contributed by atoms with Gasteiger partial charge in [-0.1, -0.05) is 160 Å². The van der Waals surface area contributed by atoms with E-state index in [4.69, 9.17) is 0 Å². The predicted octanol–water partition coefficient (Wildman–Crippen LogP) is 13.4. The molecule has 6 heteroatoms. The molecular formula is C55H58Br2N2O2. The molecule has 8 rings (SSSR count). The average Bonchev–Trinajstić information content (AvgIpc) is 3.28. The highest BCUT2D eigenvalue weighted by Gasteiger charge is 2.21. The first kappa shape index (κ1) is 44.5. The van der Waals surface area contributed by atoms with Gasteiger partial charge in [-0.25, -0.2) is 0 Å². The third kappa shape index (κ3) is 11.9. The molecule has 0 atom stereocenters. The molecule has 4 nitrogen and oxygen atoms in total. The van der Waals surface area contributed by atoms with E-state index < -0.39 is 0 Å². The fraction of sp³-hybridized carbons (Fsp3) is 0.273. The summed E-state index contributed by atoms with van der Waals surface area (Å²) in [5.74, 6) is 0.743. The molecule has 2 aliphatic rings. The molecule has 1 aliphatic heterocycles. The minimum Gasteiger partial charge on any atom is -0.396 e. The maximum absolute atomic E-state index is 9.58. The highest BCUT2D eigenvalue weighted by Crippen LogP contribution is 2.40. The Morgan fingerprint density at radius 1 is 0.492 bits per heavy atom. The van der Waals surface area contributed by atoms with Gasteiger partial charge < -0.3 is 20.0 Å². The Bertz CT molecular complexity index is 2310. The van der Waals surface area contributed by atoms with E-state index >= 15 is 0 Å². The van der Waals surface area contributed by atoms with Crippen LogP contribution in [0.4, 0.5) is 5.69 Å². The van der Waals surface area contributed by atoms with Crippen LogP contribution in [0.3, 0.4) is 0 Å². The zero-order valence-electron chi connectivity index (χ0n) is 35.3. The van der Waals surface area contributed by atoms with E-state index in [0.717, 1.165) is 66.7 Å². The minimum atomic E-state index is 0.187. The third-order valence-corrected chi connectivity index (χ3v) is 13.1. The number of likely N-dealkylation sites (N-methyl/N-ethyl adjacent to an activating group) is 1. The first-order valence-electron chi connectivity index (χ1n) is 21.9. The SMILES string of the molecule is CN1CCN(c2ccc(/C(=C(/CCCO)c3ccccc3)c3ccc(Br)cc3)cc2)CC1.OCCC/C(=C(\c1ccc(Br)cc1)c1ccc(C2CCC2)cc1)c1ccccc1. The zero-order chi connectivity index (χ0) is 42.4. The summed E-state index contributed by atoms with van der Waals surface area (Å²) in [4.78, 5) is 4.85. The van der Waals surface area contributed by atoms with Gasteiger partial charge in [0.25, 0.3) is 0 Å². The Balaban J connectivity index is 0.000000185. The number of anilines is 1. The predicted molar refractivity (Wildman–Crippen MR) is 265 cm³/mol. The maximum Gasteiger partial charge on any atom is 0.0434 e. The molecule has 2 N–H and O–H groups in total. The van der Waals surface area contributed by atoms with Gasteiger partial charge in [0, 0.05) is 54.0 Å². The molecule has 6 aromatic carbocycles. The van der Waals surface area contributed by atoms with E-state index in [1.54, 1.807) is 0 Å². The fourth-order valence-electron chi connectivity index (χ4n) is 8.45. The smallest absolute Gasteiger partial charge is 0.0434 e. The maximum atomic E-state index is 9.58. The van der Waals surface area contributed by atoms with Crippen molar-refractivity contribution in [1.82, 2.24) is 4.90 Å². The molecule has 1 saturated carbocycles. The summed E-state index contributed by atoms with van der Waals surface area (Å²) in [5, 5.41) is 19.1. The molecule has 61 heavy (non-hydrogen) atoms. The molecule has 0 spiro atoms. The molecule has 314 valence electrons. The van der Waals surface area contributed by atoms with Crippen LogP contribution in [-0.2, 0) is 0 Å². The number of benzene rings is 6. The number of piperazine rings is 1. The molecular weight excluding hydrogens is 880 g/mol. The molecule has 1 aliphatic carbocycles. The lowest BCUT2D eigenvalue weighted by molar-refractivity contribution is 0.290. The second-order valence-corrected chi connectivity index (χ2v) is 18.0. The van der Waals surface area contributed by atoms with Gasteiger partial charge in [0.2, 0.25) is 0 Å². The molecule has 0 unspecified atom stereocenters. The van der Waals surface area contributed by atoms with E-state index in [1.807, 2.05) is 0 Å². The number of rotatable bonds is 14. The number of allylic oxidation sites excluding steroid dienone is 2. The molecule has 2 fully saturated rings. The van der Waals surface area contributed by atoms with Crippen LogP contribution >= 0.6 is 31.9 Å². The Hall–Kier alpha value is -4.56. The summed E-state index contributed by atoms with van der Waals surface area (Å²) in [6.07, 6.45) is 7.16. The number of nitrogens with zero attached hydrogens (tertiary/aromatic N) is 2. The first-order chi connectivity index (χ1) is 29.9. The van der Waals surface area contributed by atoms with Crippen molar-refractivity contribution in [3.63, 3.8) is 0 Å². The van der Waals surface area contributed by atoms with Crippen molar-refractivity contribution in [2.24, 2.45) is 0 Å². The zero-order valence-corrected chi connectivity index (χ0v) is 38.5. The van der Waals surface area contributed by atoms with Gasteiger partial charge in [-0.3, -0.25) is 0 Å². The molecule has 0 aromatic heterocycles. The van der Waals surface area contributed by atoms with Crippen LogP contribution in [0.5, 0.6) is 0 Å². The van der Waals surface area contributed by atoms with Crippen molar-refractivity contribution in [2.75, 3.05) is 51.3 Å². The second kappa shape index (κ2) is 22.5. The van der Waals surface area contributed by atoms with E-state index in [-0.39, 0.29) is 13.2 Å². The van der Waals surface area contributed by atoms with Gasteiger partial charge in [-0.05, 0) is 149 Å². The van der Waals surface area contributed by atoms with Crippen LogP contribution in [0, 0.1) is 0 Å². The average molecular weight is 939 g/mol. The Morgan fingerprint density at radius 3 is 1.26 bits per heavy atom. The molecule has 6 aromatic rings. The van der Waals surface area contributed by atoms with E-state index in [9.17, 15) is 10.2 Å². The van der Waals surface area contributed by atoms with Crippen molar-refractivity contribution in [2.45, 2.75) is 50.9 Å². The van der Waals surface area contributed by atoms with E-state index in [2.05, 4.69) is 206 Å². The Labute approximate surface area is 380 Å². The number of hydrogen-bond acceptors (Lipinski definition) is 4. The summed E-state index contributed by atoms with van der Waals surface area (Å²) in [7, 11) is 2.19. The van der Waals surface area contributed by atoms with Gasteiger partial charge in [0.15, 0.2) is 0 Å². The summed E-state index contributed by atoms with van der Waals surface area (Å²) < 4.78 is 2.15. The Kier molecular flexibility index (Phi) is 16.4.